The Bertz CT molecular complexity index is 1120. The van der Waals surface area contributed by atoms with E-state index in [-0.39, 0.29) is 30.0 Å². The van der Waals surface area contributed by atoms with Crippen molar-refractivity contribution >= 4 is 15.9 Å². The van der Waals surface area contributed by atoms with E-state index in [0.717, 1.165) is 18.4 Å². The first-order valence-electron chi connectivity index (χ1n) is 10.9. The topological polar surface area (TPSA) is 75.7 Å². The van der Waals surface area contributed by atoms with Gasteiger partial charge < -0.3 is 10.1 Å². The average Bonchev–Trinajstić information content (AvgIpc) is 2.83. The Kier molecular flexibility index (Phi) is 8.63. The van der Waals surface area contributed by atoms with Crippen molar-refractivity contribution in [3.05, 3.63) is 96.1 Å². The molecule has 6 nitrogen and oxygen atoms in total. The number of nitrogens with zero attached hydrogens (tertiary/aromatic N) is 1. The van der Waals surface area contributed by atoms with Crippen molar-refractivity contribution in [2.45, 2.75) is 37.2 Å². The second kappa shape index (κ2) is 11.6. The molecule has 0 aliphatic rings. The molecule has 1 amide bonds. The molecule has 0 aliphatic carbocycles. The summed E-state index contributed by atoms with van der Waals surface area (Å²) in [6.45, 7) is 2.12. The van der Waals surface area contributed by atoms with Crippen LogP contribution < -0.4 is 10.1 Å². The lowest BCUT2D eigenvalue weighted by atomic mass is 10.1. The van der Waals surface area contributed by atoms with Gasteiger partial charge in [-0.25, -0.2) is 8.42 Å². The molecule has 3 aromatic rings. The Labute approximate surface area is 196 Å². The highest BCUT2D eigenvalue weighted by Gasteiger charge is 2.21. The normalized spacial score (nSPS) is 12.3. The minimum atomic E-state index is -3.63. The average molecular weight is 467 g/mol. The van der Waals surface area contributed by atoms with Crippen LogP contribution in [0.15, 0.2) is 89.8 Å². The van der Waals surface area contributed by atoms with Gasteiger partial charge in [0, 0.05) is 19.6 Å². The first kappa shape index (κ1) is 24.5. The number of hydrogen-bond acceptors (Lipinski definition) is 4. The van der Waals surface area contributed by atoms with E-state index in [0.29, 0.717) is 5.75 Å². The summed E-state index contributed by atoms with van der Waals surface area (Å²) in [5.74, 6) is 0.224. The number of amides is 1. The molecule has 3 aromatic carbocycles. The van der Waals surface area contributed by atoms with E-state index in [2.05, 4.69) is 17.4 Å². The number of nitrogens with one attached hydrogen (secondary N) is 1. The van der Waals surface area contributed by atoms with Crippen molar-refractivity contribution in [2.24, 2.45) is 0 Å². The van der Waals surface area contributed by atoms with E-state index in [1.54, 1.807) is 19.2 Å². The third-order valence-corrected chi connectivity index (χ3v) is 7.08. The zero-order valence-corrected chi connectivity index (χ0v) is 19.8. The van der Waals surface area contributed by atoms with Gasteiger partial charge >= 0.3 is 0 Å². The highest BCUT2D eigenvalue weighted by atomic mass is 32.2. The monoisotopic (exact) mass is 466 g/mol. The molecule has 1 atom stereocenters. The van der Waals surface area contributed by atoms with Gasteiger partial charge in [-0.05, 0) is 55.2 Å². The quantitative estimate of drug-likeness (QED) is 0.463. The molecule has 33 heavy (non-hydrogen) atoms. The maximum Gasteiger partial charge on any atom is 0.258 e. The SMILES string of the molecule is C[C@@H](CCc1ccccc1)NC(=O)COc1ccc(S(=O)(=O)N(C)Cc2ccccc2)cc1. The van der Waals surface area contributed by atoms with Gasteiger partial charge in [-0.2, -0.15) is 4.31 Å². The first-order chi connectivity index (χ1) is 15.8. The van der Waals surface area contributed by atoms with Gasteiger partial charge in [-0.1, -0.05) is 60.7 Å². The van der Waals surface area contributed by atoms with E-state index in [9.17, 15) is 13.2 Å². The molecule has 0 heterocycles. The van der Waals surface area contributed by atoms with E-state index < -0.39 is 10.0 Å². The molecule has 3 rings (SSSR count). The zero-order valence-electron chi connectivity index (χ0n) is 19.0. The summed E-state index contributed by atoms with van der Waals surface area (Å²) in [7, 11) is -2.08. The summed E-state index contributed by atoms with van der Waals surface area (Å²) in [4.78, 5) is 12.4. The first-order valence-corrected chi connectivity index (χ1v) is 12.3. The summed E-state index contributed by atoms with van der Waals surface area (Å²) < 4.78 is 32.5. The van der Waals surface area contributed by atoms with E-state index in [1.165, 1.54) is 22.0 Å². The fourth-order valence-corrected chi connectivity index (χ4v) is 4.54. The molecular formula is C26H30N2O4S. The minimum Gasteiger partial charge on any atom is -0.484 e. The largest absolute Gasteiger partial charge is 0.484 e. The summed E-state index contributed by atoms with van der Waals surface area (Å²) in [6, 6.07) is 25.7. The van der Waals surface area contributed by atoms with E-state index in [1.807, 2.05) is 55.5 Å². The van der Waals surface area contributed by atoms with Gasteiger partial charge in [-0.3, -0.25) is 4.79 Å². The molecule has 0 unspecified atom stereocenters. The minimum absolute atomic E-state index is 0.0222. The van der Waals surface area contributed by atoms with Crippen molar-refractivity contribution < 1.29 is 17.9 Å². The highest BCUT2D eigenvalue weighted by Crippen LogP contribution is 2.20. The number of rotatable bonds is 11. The Morgan fingerprint density at radius 3 is 2.09 bits per heavy atom. The molecule has 174 valence electrons. The molecule has 0 fully saturated rings. The van der Waals surface area contributed by atoms with Crippen LogP contribution >= 0.6 is 0 Å². The molecule has 0 saturated heterocycles. The van der Waals surface area contributed by atoms with Crippen molar-refractivity contribution in [3.63, 3.8) is 0 Å². The van der Waals surface area contributed by atoms with Crippen molar-refractivity contribution in [1.82, 2.24) is 9.62 Å². The molecule has 0 spiro atoms. The van der Waals surface area contributed by atoms with Gasteiger partial charge in [0.2, 0.25) is 10.0 Å². The molecule has 0 bridgehead atoms. The Hall–Kier alpha value is -3.16. The van der Waals surface area contributed by atoms with Gasteiger partial charge in [0.25, 0.3) is 5.91 Å². The molecule has 0 aliphatic heterocycles. The number of carbonyl (C=O) groups excluding carboxylic acids is 1. The predicted molar refractivity (Wildman–Crippen MR) is 129 cm³/mol. The van der Waals surface area contributed by atoms with Crippen LogP contribution in [0.1, 0.15) is 24.5 Å². The van der Waals surface area contributed by atoms with Gasteiger partial charge in [-0.15, -0.1) is 0 Å². The van der Waals surface area contributed by atoms with Crippen LogP contribution in [0.2, 0.25) is 0 Å². The number of carbonyl (C=O) groups is 1. The number of sulfonamides is 1. The van der Waals surface area contributed by atoms with Crippen LogP contribution in [0.3, 0.4) is 0 Å². The van der Waals surface area contributed by atoms with Crippen LogP contribution in [0.5, 0.6) is 5.75 Å². The summed E-state index contributed by atoms with van der Waals surface area (Å²) in [5.41, 5.74) is 2.15. The zero-order chi connectivity index (χ0) is 23.7. The van der Waals surface area contributed by atoms with Gasteiger partial charge in [0.15, 0.2) is 6.61 Å². The lowest BCUT2D eigenvalue weighted by Gasteiger charge is -2.17. The third-order valence-electron chi connectivity index (χ3n) is 5.27. The van der Waals surface area contributed by atoms with Crippen LogP contribution in [0.4, 0.5) is 0 Å². The summed E-state index contributed by atoms with van der Waals surface area (Å²) >= 11 is 0. The van der Waals surface area contributed by atoms with Crippen LogP contribution in [-0.2, 0) is 27.8 Å². The number of ether oxygens (including phenoxy) is 1. The van der Waals surface area contributed by atoms with Crippen molar-refractivity contribution in [2.75, 3.05) is 13.7 Å². The predicted octanol–water partition coefficient (Wildman–Crippen LogP) is 4.02. The second-order valence-corrected chi connectivity index (χ2v) is 10.0. The Morgan fingerprint density at radius 2 is 1.48 bits per heavy atom. The van der Waals surface area contributed by atoms with Crippen molar-refractivity contribution in [1.29, 1.82) is 0 Å². The number of benzene rings is 3. The smallest absolute Gasteiger partial charge is 0.258 e. The molecule has 0 radical (unpaired) electrons. The van der Waals surface area contributed by atoms with E-state index >= 15 is 0 Å². The lowest BCUT2D eigenvalue weighted by molar-refractivity contribution is -0.123. The molecule has 7 heteroatoms. The third kappa shape index (κ3) is 7.44. The fraction of sp³-hybridized carbons (Fsp3) is 0.269. The second-order valence-electron chi connectivity index (χ2n) is 8.00. The van der Waals surface area contributed by atoms with Crippen LogP contribution in [0.25, 0.3) is 0 Å². The Morgan fingerprint density at radius 1 is 0.909 bits per heavy atom. The maximum atomic E-state index is 12.8. The molecular weight excluding hydrogens is 436 g/mol. The molecule has 0 saturated carbocycles. The maximum absolute atomic E-state index is 12.8. The summed E-state index contributed by atoms with van der Waals surface area (Å²) in [5, 5.41) is 2.93. The highest BCUT2D eigenvalue weighted by molar-refractivity contribution is 7.89. The number of aryl methyl sites for hydroxylation is 1. The van der Waals surface area contributed by atoms with Crippen LogP contribution in [0, 0.1) is 0 Å². The van der Waals surface area contributed by atoms with Gasteiger partial charge in [0.1, 0.15) is 5.75 Å². The molecule has 1 N–H and O–H groups in total. The number of hydrogen-bond donors (Lipinski definition) is 1. The molecule has 0 aromatic heterocycles. The fourth-order valence-electron chi connectivity index (χ4n) is 3.38. The standard InChI is InChI=1S/C26H30N2O4S/c1-21(13-14-22-9-5-3-6-10-22)27-26(29)20-32-24-15-17-25(18-16-24)33(30,31)28(2)19-23-11-7-4-8-12-23/h3-12,15-18,21H,13-14,19-20H2,1-2H3,(H,27,29)/t21-/m0/s1. The van der Waals surface area contributed by atoms with Crippen molar-refractivity contribution in [3.8, 4) is 5.75 Å². The summed E-state index contributed by atoms with van der Waals surface area (Å²) in [6.07, 6.45) is 1.72. The van der Waals surface area contributed by atoms with E-state index in [4.69, 9.17) is 4.74 Å². The van der Waals surface area contributed by atoms with Crippen LogP contribution in [-0.4, -0.2) is 38.3 Å². The Balaban J connectivity index is 1.47. The lowest BCUT2D eigenvalue weighted by Crippen LogP contribution is -2.36. The van der Waals surface area contributed by atoms with Gasteiger partial charge in [0.05, 0.1) is 4.90 Å².